The molecule has 9 heteroatoms. The summed E-state index contributed by atoms with van der Waals surface area (Å²) in [7, 11) is 2.87. The van der Waals surface area contributed by atoms with Gasteiger partial charge in [-0.15, -0.1) is 0 Å². The molecule has 0 spiro atoms. The summed E-state index contributed by atoms with van der Waals surface area (Å²) >= 11 is 0. The highest BCUT2D eigenvalue weighted by Crippen LogP contribution is 2.38. The molecule has 2 aromatic rings. The third-order valence-electron chi connectivity index (χ3n) is 6.10. The van der Waals surface area contributed by atoms with Gasteiger partial charge in [0.2, 0.25) is 0 Å². The summed E-state index contributed by atoms with van der Waals surface area (Å²) in [6.07, 6.45) is 0.434. The Morgan fingerprint density at radius 2 is 1.72 bits per heavy atom. The van der Waals surface area contributed by atoms with Gasteiger partial charge in [-0.05, 0) is 42.7 Å². The van der Waals surface area contributed by atoms with E-state index in [9.17, 15) is 28.5 Å². The fourth-order valence-electron chi connectivity index (χ4n) is 4.27. The van der Waals surface area contributed by atoms with Crippen molar-refractivity contribution in [1.29, 1.82) is 0 Å². The molecule has 7 nitrogen and oxygen atoms in total. The molecule has 32 heavy (non-hydrogen) atoms. The van der Waals surface area contributed by atoms with Crippen LogP contribution in [0.1, 0.15) is 31.4 Å². The number of nitrogens with zero attached hydrogens (tertiary/aromatic N) is 3. The van der Waals surface area contributed by atoms with Crippen molar-refractivity contribution in [2.24, 2.45) is 0 Å². The number of likely N-dealkylation sites (N-methyl/N-ethyl adjacent to an activating group) is 2. The van der Waals surface area contributed by atoms with Crippen LogP contribution in [0.4, 0.5) is 14.5 Å². The number of allylic oxidation sites excluding steroid dienone is 1. The fraction of sp³-hybridized carbons (Fsp3) is 0.304. The minimum Gasteiger partial charge on any atom is -0.325 e. The highest BCUT2D eigenvalue weighted by atomic mass is 19.1. The van der Waals surface area contributed by atoms with E-state index in [-0.39, 0.29) is 29.7 Å². The summed E-state index contributed by atoms with van der Waals surface area (Å²) in [6, 6.07) is 9.09. The lowest BCUT2D eigenvalue weighted by Crippen LogP contribution is -2.66. The second-order valence-corrected chi connectivity index (χ2v) is 7.78. The number of benzene rings is 2. The first-order valence-corrected chi connectivity index (χ1v) is 10.00. The van der Waals surface area contributed by atoms with E-state index in [2.05, 4.69) is 0 Å². The second-order valence-electron chi connectivity index (χ2n) is 7.78. The molecule has 1 atom stereocenters. The highest BCUT2D eigenvalue weighted by Gasteiger charge is 2.51. The van der Waals surface area contributed by atoms with Gasteiger partial charge in [0.15, 0.2) is 0 Å². The molecule has 1 aliphatic heterocycles. The molecule has 0 bridgehead atoms. The lowest BCUT2D eigenvalue weighted by molar-refractivity contribution is -0.385. The first-order valence-electron chi connectivity index (χ1n) is 10.00. The normalized spacial score (nSPS) is 20.6. The minimum absolute atomic E-state index is 0.00557. The maximum Gasteiger partial charge on any atom is 0.279 e. The van der Waals surface area contributed by atoms with Gasteiger partial charge in [-0.3, -0.25) is 19.7 Å². The third kappa shape index (κ3) is 3.63. The van der Waals surface area contributed by atoms with Crippen LogP contribution in [-0.2, 0) is 16.0 Å². The van der Waals surface area contributed by atoms with Gasteiger partial charge in [-0.2, -0.15) is 0 Å². The molecule has 2 amide bonds. The SMILES string of the molecule is CCC1(Cc2ccc(F)cc2)C(=O)N(C)C(=C(C)c2c(F)cccc2[N+](=O)[O-])C(=O)N1C. The fourth-order valence-corrected chi connectivity index (χ4v) is 4.27. The van der Waals surface area contributed by atoms with Crippen LogP contribution in [0, 0.1) is 21.7 Å². The zero-order valence-corrected chi connectivity index (χ0v) is 18.2. The van der Waals surface area contributed by atoms with Crippen molar-refractivity contribution in [2.45, 2.75) is 32.2 Å². The maximum absolute atomic E-state index is 14.6. The predicted octanol–water partition coefficient (Wildman–Crippen LogP) is 3.93. The van der Waals surface area contributed by atoms with Crippen molar-refractivity contribution in [3.05, 3.63) is 81.0 Å². The van der Waals surface area contributed by atoms with Gasteiger partial charge in [0.1, 0.15) is 22.9 Å². The average Bonchev–Trinajstić information content (AvgIpc) is 2.76. The van der Waals surface area contributed by atoms with Gasteiger partial charge in [0.25, 0.3) is 17.5 Å². The Bertz CT molecular complexity index is 1130. The molecular weight excluding hydrogens is 420 g/mol. The number of hydrogen-bond acceptors (Lipinski definition) is 4. The molecule has 2 aromatic carbocycles. The van der Waals surface area contributed by atoms with Crippen molar-refractivity contribution in [3.8, 4) is 0 Å². The standard InChI is InChI=1S/C23H23F2N3O4/c1-5-23(13-15-9-11-16(24)12-10-15)22(30)26(3)20(21(29)27(23)4)14(2)19-17(25)7-6-8-18(19)28(31)32/h6-12H,5,13H2,1-4H3. The number of piperazine rings is 1. The zero-order valence-electron chi connectivity index (χ0n) is 18.2. The molecule has 3 rings (SSSR count). The van der Waals surface area contributed by atoms with Crippen molar-refractivity contribution in [3.63, 3.8) is 0 Å². The molecule has 0 aliphatic carbocycles. The van der Waals surface area contributed by atoms with Crippen molar-refractivity contribution in [1.82, 2.24) is 9.80 Å². The summed E-state index contributed by atoms with van der Waals surface area (Å²) in [4.78, 5) is 40.1. The lowest BCUT2D eigenvalue weighted by Gasteiger charge is -2.48. The average molecular weight is 443 g/mol. The summed E-state index contributed by atoms with van der Waals surface area (Å²) in [5.41, 5.74) is -1.54. The van der Waals surface area contributed by atoms with Crippen LogP contribution >= 0.6 is 0 Å². The molecule has 1 aliphatic rings. The maximum atomic E-state index is 14.6. The number of amides is 2. The highest BCUT2D eigenvalue weighted by molar-refractivity contribution is 6.11. The Hall–Kier alpha value is -3.62. The Morgan fingerprint density at radius 3 is 2.28 bits per heavy atom. The van der Waals surface area contributed by atoms with Crippen LogP contribution in [0.5, 0.6) is 0 Å². The van der Waals surface area contributed by atoms with E-state index in [0.29, 0.717) is 5.56 Å². The van der Waals surface area contributed by atoms with E-state index in [4.69, 9.17) is 0 Å². The molecule has 1 saturated heterocycles. The van der Waals surface area contributed by atoms with E-state index in [0.717, 1.165) is 17.0 Å². The van der Waals surface area contributed by atoms with E-state index >= 15 is 0 Å². The molecule has 1 fully saturated rings. The Kier molecular flexibility index (Phi) is 6.11. The van der Waals surface area contributed by atoms with Gasteiger partial charge < -0.3 is 9.80 Å². The Labute approximate surface area is 184 Å². The van der Waals surface area contributed by atoms with Gasteiger partial charge in [-0.1, -0.05) is 25.1 Å². The van der Waals surface area contributed by atoms with E-state index in [1.54, 1.807) is 19.1 Å². The van der Waals surface area contributed by atoms with Crippen LogP contribution in [0.2, 0.25) is 0 Å². The molecule has 0 saturated carbocycles. The number of carbonyl (C=O) groups is 2. The molecule has 1 unspecified atom stereocenters. The van der Waals surface area contributed by atoms with Gasteiger partial charge in [0.05, 0.1) is 10.5 Å². The molecule has 0 aromatic heterocycles. The van der Waals surface area contributed by atoms with E-state index in [1.807, 2.05) is 0 Å². The number of nitro benzene ring substituents is 1. The smallest absolute Gasteiger partial charge is 0.279 e. The van der Waals surface area contributed by atoms with Crippen molar-refractivity contribution in [2.75, 3.05) is 14.1 Å². The topological polar surface area (TPSA) is 83.8 Å². The number of hydrogen-bond donors (Lipinski definition) is 0. The van der Waals surface area contributed by atoms with E-state index < -0.39 is 39.6 Å². The molecule has 1 heterocycles. The minimum atomic E-state index is -1.24. The summed E-state index contributed by atoms with van der Waals surface area (Å²) in [6.45, 7) is 3.15. The largest absolute Gasteiger partial charge is 0.325 e. The van der Waals surface area contributed by atoms with Gasteiger partial charge >= 0.3 is 0 Å². The molecule has 0 radical (unpaired) electrons. The summed E-state index contributed by atoms with van der Waals surface area (Å²) in [5.74, 6) is -2.26. The van der Waals surface area contributed by atoms with Crippen LogP contribution in [-0.4, -0.2) is 46.2 Å². The van der Waals surface area contributed by atoms with Gasteiger partial charge in [-0.25, -0.2) is 8.78 Å². The lowest BCUT2D eigenvalue weighted by atomic mass is 9.82. The van der Waals surface area contributed by atoms with Crippen LogP contribution < -0.4 is 0 Å². The van der Waals surface area contributed by atoms with Crippen LogP contribution in [0.25, 0.3) is 5.57 Å². The zero-order chi connectivity index (χ0) is 23.8. The van der Waals surface area contributed by atoms with Gasteiger partial charge in [0, 0.05) is 26.6 Å². The first-order chi connectivity index (χ1) is 15.0. The van der Waals surface area contributed by atoms with Crippen molar-refractivity contribution < 1.29 is 23.3 Å². The molecular formula is C23H23F2N3O4. The number of rotatable bonds is 5. The second kappa shape index (κ2) is 8.49. The van der Waals surface area contributed by atoms with E-state index in [1.165, 1.54) is 44.1 Å². The number of carbonyl (C=O) groups excluding carboxylic acids is 2. The summed E-state index contributed by atoms with van der Waals surface area (Å²) in [5, 5.41) is 11.4. The number of halogens is 2. The first kappa shape index (κ1) is 23.1. The Balaban J connectivity index is 2.14. The summed E-state index contributed by atoms with van der Waals surface area (Å²) < 4.78 is 27.9. The Morgan fingerprint density at radius 1 is 1.09 bits per heavy atom. The predicted molar refractivity (Wildman–Crippen MR) is 114 cm³/mol. The monoisotopic (exact) mass is 443 g/mol. The number of nitro groups is 1. The molecule has 0 N–H and O–H groups in total. The quantitative estimate of drug-likeness (QED) is 0.398. The molecule has 168 valence electrons. The van der Waals surface area contributed by atoms with Crippen LogP contribution in [0.15, 0.2) is 48.2 Å². The third-order valence-corrected chi connectivity index (χ3v) is 6.10. The van der Waals surface area contributed by atoms with Crippen LogP contribution in [0.3, 0.4) is 0 Å². The van der Waals surface area contributed by atoms with Crippen molar-refractivity contribution >= 4 is 23.1 Å².